The number of carbonyl (C=O) groups is 3. The second-order valence-electron chi connectivity index (χ2n) is 12.0. The number of aliphatic hydroxyl groups is 2. The lowest BCUT2D eigenvalue weighted by atomic mass is 9.44. The molecule has 3 fully saturated rings. The fraction of sp³-hybridized carbons (Fsp3) is 0.800. The zero-order chi connectivity index (χ0) is 29.3. The molecule has 4 aliphatic carbocycles. The van der Waals surface area contributed by atoms with E-state index in [9.17, 15) is 41.4 Å². The van der Waals surface area contributed by atoms with E-state index in [0.29, 0.717) is 0 Å². The second-order valence-corrected chi connectivity index (χ2v) is 15.2. The standard InChI is InChI=1S/C25H36O12S2/c1-13(26)35-12-18(29)25(30)9-7-15-19-20(17(28)11-24(15,25)3)23(2)8-6-14(27)10-16(23)21(36-38(4,31)32)22(19)37-39(5,33)34/h10,15,17,19-22,28,30H,6-9,11-12H2,1-5H3/t15-,17-,19-,20-,21-,22+,23-,24-,25-/m0/s1. The van der Waals surface area contributed by atoms with E-state index in [0.717, 1.165) is 19.4 Å². The molecule has 0 aliphatic heterocycles. The molecule has 0 bridgehead atoms. The number of ketones is 2. The number of Topliss-reactive ketones (excluding diaryl/α,β-unsaturated/α-hetero) is 1. The van der Waals surface area contributed by atoms with Crippen molar-refractivity contribution in [2.45, 2.75) is 76.8 Å². The first-order chi connectivity index (χ1) is 17.7. The van der Waals surface area contributed by atoms with Crippen LogP contribution in [0.1, 0.15) is 52.9 Å². The van der Waals surface area contributed by atoms with Crippen molar-refractivity contribution >= 4 is 37.8 Å². The zero-order valence-corrected chi connectivity index (χ0v) is 24.2. The first-order valence-electron chi connectivity index (χ1n) is 12.8. The number of hydrogen-bond acceptors (Lipinski definition) is 12. The third-order valence-electron chi connectivity index (χ3n) is 9.53. The summed E-state index contributed by atoms with van der Waals surface area (Å²) in [5, 5.41) is 23.4. The molecular formula is C25H36O12S2. The Hall–Kier alpha value is -1.71. The van der Waals surface area contributed by atoms with Crippen LogP contribution in [-0.2, 0) is 47.7 Å². The van der Waals surface area contributed by atoms with Gasteiger partial charge in [0.2, 0.25) is 5.78 Å². The van der Waals surface area contributed by atoms with Gasteiger partial charge in [-0.2, -0.15) is 16.8 Å². The van der Waals surface area contributed by atoms with Crippen molar-refractivity contribution in [1.82, 2.24) is 0 Å². The summed E-state index contributed by atoms with van der Waals surface area (Å²) in [5.74, 6) is -3.95. The molecule has 3 saturated carbocycles. The van der Waals surface area contributed by atoms with Crippen molar-refractivity contribution < 1.29 is 54.5 Å². The Kier molecular flexibility index (Phi) is 7.52. The zero-order valence-electron chi connectivity index (χ0n) is 22.6. The van der Waals surface area contributed by atoms with Gasteiger partial charge < -0.3 is 14.9 Å². The molecule has 0 unspecified atom stereocenters. The molecule has 0 aromatic heterocycles. The van der Waals surface area contributed by atoms with Gasteiger partial charge in [-0.3, -0.25) is 22.7 Å². The van der Waals surface area contributed by atoms with Gasteiger partial charge in [0, 0.05) is 18.8 Å². The van der Waals surface area contributed by atoms with Crippen LogP contribution >= 0.6 is 0 Å². The summed E-state index contributed by atoms with van der Waals surface area (Å²) in [6.07, 6.45) is -0.768. The number of fused-ring (bicyclic) bond motifs is 5. The van der Waals surface area contributed by atoms with E-state index in [4.69, 9.17) is 13.1 Å². The van der Waals surface area contributed by atoms with Crippen molar-refractivity contribution in [3.8, 4) is 0 Å². The van der Waals surface area contributed by atoms with E-state index in [1.165, 1.54) is 6.08 Å². The minimum atomic E-state index is -4.22. The van der Waals surface area contributed by atoms with Crippen LogP contribution in [0.3, 0.4) is 0 Å². The minimum Gasteiger partial charge on any atom is -0.458 e. The molecule has 0 spiro atoms. The number of aliphatic hydroxyl groups excluding tert-OH is 1. The molecular weight excluding hydrogens is 556 g/mol. The van der Waals surface area contributed by atoms with Crippen LogP contribution in [-0.4, -0.2) is 87.6 Å². The maximum absolute atomic E-state index is 13.2. The van der Waals surface area contributed by atoms with Crippen LogP contribution in [0, 0.1) is 28.6 Å². The molecule has 14 heteroatoms. The summed E-state index contributed by atoms with van der Waals surface area (Å²) in [5.41, 5.74) is -4.04. The van der Waals surface area contributed by atoms with Gasteiger partial charge in [-0.05, 0) is 60.5 Å². The highest BCUT2D eigenvalue weighted by atomic mass is 32.2. The van der Waals surface area contributed by atoms with Gasteiger partial charge in [-0.15, -0.1) is 0 Å². The number of carbonyl (C=O) groups excluding carboxylic acids is 3. The Balaban J connectivity index is 1.90. The Morgan fingerprint density at radius 3 is 2.26 bits per heavy atom. The SMILES string of the molecule is CC(=O)OCC(=O)[C@@]1(O)CC[C@H]2[C@@H]3[C@@H](OS(C)(=O)=O)[C@@H](OS(C)(=O)=O)C4=CC(=O)CC[C@]4(C)[C@H]3[C@@H](O)C[C@@]21C. The second kappa shape index (κ2) is 9.69. The normalized spacial score (nSPS) is 42.1. The Morgan fingerprint density at radius 1 is 1.08 bits per heavy atom. The third kappa shape index (κ3) is 5.12. The summed E-state index contributed by atoms with van der Waals surface area (Å²) < 4.78 is 65.6. The molecule has 0 aromatic rings. The summed E-state index contributed by atoms with van der Waals surface area (Å²) in [7, 11) is -8.41. The average Bonchev–Trinajstić information content (AvgIpc) is 3.04. The van der Waals surface area contributed by atoms with Crippen LogP contribution < -0.4 is 0 Å². The van der Waals surface area contributed by atoms with E-state index < -0.39 is 91.1 Å². The van der Waals surface area contributed by atoms with E-state index in [-0.39, 0.29) is 43.5 Å². The number of rotatable bonds is 7. The number of esters is 1. The van der Waals surface area contributed by atoms with Crippen LogP contribution in [0.5, 0.6) is 0 Å². The van der Waals surface area contributed by atoms with Crippen LogP contribution in [0.4, 0.5) is 0 Å². The predicted molar refractivity (Wildman–Crippen MR) is 135 cm³/mol. The van der Waals surface area contributed by atoms with Gasteiger partial charge in [-0.25, -0.2) is 0 Å². The quantitative estimate of drug-likeness (QED) is 0.304. The topological polar surface area (TPSA) is 188 Å². The molecule has 0 aromatic carbocycles. The van der Waals surface area contributed by atoms with E-state index in [2.05, 4.69) is 0 Å². The smallest absolute Gasteiger partial charge is 0.303 e. The fourth-order valence-corrected chi connectivity index (χ4v) is 9.22. The molecule has 2 N–H and O–H groups in total. The maximum Gasteiger partial charge on any atom is 0.303 e. The Labute approximate surface area is 228 Å². The lowest BCUT2D eigenvalue weighted by Crippen LogP contribution is -2.68. The highest BCUT2D eigenvalue weighted by molar-refractivity contribution is 7.86. The molecule has 4 aliphatic rings. The average molecular weight is 593 g/mol. The van der Waals surface area contributed by atoms with E-state index in [1.807, 2.05) is 0 Å². The van der Waals surface area contributed by atoms with Gasteiger partial charge >= 0.3 is 5.97 Å². The van der Waals surface area contributed by atoms with Gasteiger partial charge in [0.1, 0.15) is 17.8 Å². The van der Waals surface area contributed by atoms with Crippen molar-refractivity contribution in [3.05, 3.63) is 11.6 Å². The monoisotopic (exact) mass is 592 g/mol. The minimum absolute atomic E-state index is 0.0405. The van der Waals surface area contributed by atoms with Crippen molar-refractivity contribution in [2.24, 2.45) is 28.6 Å². The first kappa shape index (κ1) is 30.3. The van der Waals surface area contributed by atoms with Gasteiger partial charge in [0.05, 0.1) is 18.6 Å². The Bertz CT molecular complexity index is 1320. The van der Waals surface area contributed by atoms with E-state index >= 15 is 0 Å². The highest BCUT2D eigenvalue weighted by Crippen LogP contribution is 2.68. The molecule has 0 amide bonds. The third-order valence-corrected chi connectivity index (χ3v) is 10.7. The summed E-state index contributed by atoms with van der Waals surface area (Å²) in [4.78, 5) is 37.0. The van der Waals surface area contributed by atoms with Gasteiger partial charge in [-0.1, -0.05) is 13.8 Å². The number of hydrogen-bond donors (Lipinski definition) is 2. The molecule has 0 heterocycles. The molecule has 0 radical (unpaired) electrons. The molecule has 39 heavy (non-hydrogen) atoms. The summed E-state index contributed by atoms with van der Waals surface area (Å²) >= 11 is 0. The van der Waals surface area contributed by atoms with E-state index in [1.54, 1.807) is 13.8 Å². The lowest BCUT2D eigenvalue weighted by Gasteiger charge is -2.63. The molecule has 220 valence electrons. The molecule has 9 atom stereocenters. The van der Waals surface area contributed by atoms with Crippen molar-refractivity contribution in [3.63, 3.8) is 0 Å². The predicted octanol–water partition coefficient (Wildman–Crippen LogP) is 0.262. The van der Waals surface area contributed by atoms with Gasteiger partial charge in [0.25, 0.3) is 20.2 Å². The van der Waals surface area contributed by atoms with Crippen LogP contribution in [0.15, 0.2) is 11.6 Å². The van der Waals surface area contributed by atoms with Gasteiger partial charge in [0.15, 0.2) is 12.4 Å². The first-order valence-corrected chi connectivity index (χ1v) is 16.5. The lowest BCUT2D eigenvalue weighted by molar-refractivity contribution is -0.204. The molecule has 0 saturated heterocycles. The maximum atomic E-state index is 13.2. The van der Waals surface area contributed by atoms with Crippen molar-refractivity contribution in [2.75, 3.05) is 19.1 Å². The summed E-state index contributed by atoms with van der Waals surface area (Å²) in [6, 6.07) is 0. The molecule has 12 nitrogen and oxygen atoms in total. The highest BCUT2D eigenvalue weighted by Gasteiger charge is 2.72. The summed E-state index contributed by atoms with van der Waals surface area (Å²) in [6.45, 7) is 3.87. The van der Waals surface area contributed by atoms with Crippen LogP contribution in [0.2, 0.25) is 0 Å². The molecule has 4 rings (SSSR count). The van der Waals surface area contributed by atoms with Crippen LogP contribution in [0.25, 0.3) is 0 Å². The van der Waals surface area contributed by atoms with Crippen molar-refractivity contribution in [1.29, 1.82) is 0 Å². The fourth-order valence-electron chi connectivity index (χ4n) is 8.00. The largest absolute Gasteiger partial charge is 0.458 e. The number of ether oxygens (including phenoxy) is 1. The Morgan fingerprint density at radius 2 is 1.69 bits per heavy atom.